The summed E-state index contributed by atoms with van der Waals surface area (Å²) >= 11 is 0. The van der Waals surface area contributed by atoms with Gasteiger partial charge in [0.15, 0.2) is 0 Å². The zero-order chi connectivity index (χ0) is 16.8. The van der Waals surface area contributed by atoms with Crippen molar-refractivity contribution in [2.45, 2.75) is 26.3 Å². The fourth-order valence-electron chi connectivity index (χ4n) is 3.79. The van der Waals surface area contributed by atoms with Gasteiger partial charge in [0.05, 0.1) is 11.0 Å². The van der Waals surface area contributed by atoms with E-state index in [-0.39, 0.29) is 16.7 Å². The summed E-state index contributed by atoms with van der Waals surface area (Å²) in [7, 11) is 0. The van der Waals surface area contributed by atoms with Gasteiger partial charge >= 0.3 is 0 Å². The number of rotatable bonds is 2. The molecule has 5 heteroatoms. The monoisotopic (exact) mass is 321 g/mol. The maximum atomic E-state index is 11.1. The standard InChI is InChI=1S/C19H19N3O2/c1-11-8-12(2)17-16(9-11)15-6-7-20-18(19(15)21-17)13-4-3-5-14(10-13)22(23)24/h3-5,8-10,18,20-21H,6-7H2,1-2H3. The number of benzene rings is 2. The van der Waals surface area contributed by atoms with Crippen LogP contribution >= 0.6 is 0 Å². The first-order valence-electron chi connectivity index (χ1n) is 8.14. The number of hydrogen-bond acceptors (Lipinski definition) is 3. The third kappa shape index (κ3) is 2.29. The molecule has 1 aliphatic heterocycles. The predicted octanol–water partition coefficient (Wildman–Crippen LogP) is 3.93. The highest BCUT2D eigenvalue weighted by atomic mass is 16.6. The Morgan fingerprint density at radius 1 is 1.21 bits per heavy atom. The van der Waals surface area contributed by atoms with Crippen LogP contribution in [0.4, 0.5) is 5.69 Å². The van der Waals surface area contributed by atoms with Crippen LogP contribution in [0, 0.1) is 24.0 Å². The molecule has 0 saturated carbocycles. The molecule has 0 spiro atoms. The molecule has 3 aromatic rings. The third-order valence-corrected chi connectivity index (χ3v) is 4.82. The Balaban J connectivity index is 1.89. The molecule has 1 aliphatic rings. The van der Waals surface area contributed by atoms with E-state index in [4.69, 9.17) is 0 Å². The summed E-state index contributed by atoms with van der Waals surface area (Å²) < 4.78 is 0. The molecule has 2 heterocycles. The first-order chi connectivity index (χ1) is 11.5. The number of nitrogens with one attached hydrogen (secondary N) is 2. The van der Waals surface area contributed by atoms with E-state index < -0.39 is 0 Å². The molecule has 1 aromatic heterocycles. The zero-order valence-corrected chi connectivity index (χ0v) is 13.7. The van der Waals surface area contributed by atoms with Crippen molar-refractivity contribution in [3.8, 4) is 0 Å². The van der Waals surface area contributed by atoms with Crippen molar-refractivity contribution in [1.29, 1.82) is 0 Å². The Morgan fingerprint density at radius 2 is 2.04 bits per heavy atom. The van der Waals surface area contributed by atoms with E-state index >= 15 is 0 Å². The number of H-pyrrole nitrogens is 1. The fourth-order valence-corrected chi connectivity index (χ4v) is 3.79. The van der Waals surface area contributed by atoms with Crippen molar-refractivity contribution < 1.29 is 4.92 Å². The normalized spacial score (nSPS) is 17.0. The second kappa shape index (κ2) is 5.46. The van der Waals surface area contributed by atoms with Gasteiger partial charge in [-0.2, -0.15) is 0 Å². The van der Waals surface area contributed by atoms with Gasteiger partial charge in [-0.3, -0.25) is 10.1 Å². The highest BCUT2D eigenvalue weighted by molar-refractivity contribution is 5.88. The van der Waals surface area contributed by atoms with Crippen LogP contribution in [0.25, 0.3) is 10.9 Å². The lowest BCUT2D eigenvalue weighted by Crippen LogP contribution is -2.30. The van der Waals surface area contributed by atoms with Gasteiger partial charge in [-0.15, -0.1) is 0 Å². The quantitative estimate of drug-likeness (QED) is 0.555. The highest BCUT2D eigenvalue weighted by Crippen LogP contribution is 2.35. The molecule has 1 atom stereocenters. The minimum Gasteiger partial charge on any atom is -0.356 e. The maximum Gasteiger partial charge on any atom is 0.269 e. The van der Waals surface area contributed by atoms with Crippen LogP contribution in [0.3, 0.4) is 0 Å². The minimum atomic E-state index is -0.341. The van der Waals surface area contributed by atoms with Gasteiger partial charge in [0, 0.05) is 35.3 Å². The minimum absolute atomic E-state index is 0.0410. The number of hydrogen-bond donors (Lipinski definition) is 2. The number of non-ortho nitro benzene ring substituents is 1. The first kappa shape index (κ1) is 14.9. The van der Waals surface area contributed by atoms with Crippen molar-refractivity contribution in [3.63, 3.8) is 0 Å². The Morgan fingerprint density at radius 3 is 2.83 bits per heavy atom. The number of nitro benzene ring substituents is 1. The molecule has 24 heavy (non-hydrogen) atoms. The second-order valence-electron chi connectivity index (χ2n) is 6.51. The summed E-state index contributed by atoms with van der Waals surface area (Å²) in [6.45, 7) is 5.10. The van der Waals surface area contributed by atoms with Crippen LogP contribution in [-0.4, -0.2) is 16.5 Å². The van der Waals surface area contributed by atoms with E-state index in [0.29, 0.717) is 0 Å². The van der Waals surface area contributed by atoms with Crippen molar-refractivity contribution in [3.05, 3.63) is 74.5 Å². The average molecular weight is 321 g/mol. The van der Waals surface area contributed by atoms with Gasteiger partial charge in [-0.1, -0.05) is 23.8 Å². The Labute approximate surface area is 139 Å². The van der Waals surface area contributed by atoms with Crippen molar-refractivity contribution in [2.24, 2.45) is 0 Å². The number of nitrogens with zero attached hydrogens (tertiary/aromatic N) is 1. The Bertz CT molecular complexity index is 959. The summed E-state index contributed by atoms with van der Waals surface area (Å²) in [5, 5.41) is 15.9. The van der Waals surface area contributed by atoms with Crippen molar-refractivity contribution >= 4 is 16.6 Å². The molecular formula is C19H19N3O2. The summed E-state index contributed by atoms with van der Waals surface area (Å²) in [6, 6.07) is 11.3. The molecule has 4 rings (SSSR count). The summed E-state index contributed by atoms with van der Waals surface area (Å²) in [5.41, 5.74) is 7.17. The predicted molar refractivity (Wildman–Crippen MR) is 94.4 cm³/mol. The number of fused-ring (bicyclic) bond motifs is 3. The smallest absolute Gasteiger partial charge is 0.269 e. The van der Waals surface area contributed by atoms with Crippen molar-refractivity contribution in [2.75, 3.05) is 6.54 Å². The van der Waals surface area contributed by atoms with Gasteiger partial charge in [-0.25, -0.2) is 0 Å². The van der Waals surface area contributed by atoms with Gasteiger partial charge in [0.25, 0.3) is 5.69 Å². The molecular weight excluding hydrogens is 302 g/mol. The average Bonchev–Trinajstić information content (AvgIpc) is 2.94. The molecule has 0 radical (unpaired) electrons. The molecule has 2 N–H and O–H groups in total. The van der Waals surface area contributed by atoms with E-state index in [0.717, 1.165) is 24.2 Å². The molecule has 0 amide bonds. The largest absolute Gasteiger partial charge is 0.356 e. The van der Waals surface area contributed by atoms with Gasteiger partial charge in [0.1, 0.15) is 0 Å². The lowest BCUT2D eigenvalue weighted by Gasteiger charge is -2.24. The van der Waals surface area contributed by atoms with E-state index in [1.165, 1.54) is 33.7 Å². The number of aromatic nitrogens is 1. The van der Waals surface area contributed by atoms with E-state index in [9.17, 15) is 10.1 Å². The molecule has 1 unspecified atom stereocenters. The molecule has 0 fully saturated rings. The lowest BCUT2D eigenvalue weighted by molar-refractivity contribution is -0.384. The van der Waals surface area contributed by atoms with Crippen LogP contribution in [0.1, 0.15) is 34.0 Å². The molecule has 122 valence electrons. The number of nitro groups is 1. The summed E-state index contributed by atoms with van der Waals surface area (Å²) in [5.74, 6) is 0. The van der Waals surface area contributed by atoms with Crippen LogP contribution < -0.4 is 5.32 Å². The van der Waals surface area contributed by atoms with Crippen LogP contribution in [0.15, 0.2) is 36.4 Å². The van der Waals surface area contributed by atoms with Gasteiger partial charge in [-0.05, 0) is 43.0 Å². The zero-order valence-electron chi connectivity index (χ0n) is 13.7. The summed E-state index contributed by atoms with van der Waals surface area (Å²) in [4.78, 5) is 14.3. The topological polar surface area (TPSA) is 71.0 Å². The Kier molecular flexibility index (Phi) is 3.39. The molecule has 0 saturated heterocycles. The van der Waals surface area contributed by atoms with Crippen LogP contribution in [0.2, 0.25) is 0 Å². The van der Waals surface area contributed by atoms with Gasteiger partial charge in [0.2, 0.25) is 0 Å². The highest BCUT2D eigenvalue weighted by Gasteiger charge is 2.26. The van der Waals surface area contributed by atoms with E-state index in [1.807, 2.05) is 6.07 Å². The molecule has 5 nitrogen and oxygen atoms in total. The third-order valence-electron chi connectivity index (χ3n) is 4.82. The van der Waals surface area contributed by atoms with Crippen LogP contribution in [-0.2, 0) is 6.42 Å². The van der Waals surface area contributed by atoms with Crippen molar-refractivity contribution in [1.82, 2.24) is 10.3 Å². The number of aryl methyl sites for hydroxylation is 2. The number of aromatic amines is 1. The summed E-state index contributed by atoms with van der Waals surface area (Å²) in [6.07, 6.45) is 0.962. The van der Waals surface area contributed by atoms with Gasteiger partial charge < -0.3 is 10.3 Å². The Hall–Kier alpha value is -2.66. The maximum absolute atomic E-state index is 11.1. The van der Waals surface area contributed by atoms with E-state index in [1.54, 1.807) is 12.1 Å². The molecule has 0 aliphatic carbocycles. The second-order valence-corrected chi connectivity index (χ2v) is 6.51. The fraction of sp³-hybridized carbons (Fsp3) is 0.263. The lowest BCUT2D eigenvalue weighted by atomic mass is 9.93. The molecule has 0 bridgehead atoms. The molecule has 2 aromatic carbocycles. The first-order valence-corrected chi connectivity index (χ1v) is 8.14. The van der Waals surface area contributed by atoms with Crippen LogP contribution in [0.5, 0.6) is 0 Å². The SMILES string of the molecule is Cc1cc(C)c2[nH]c3c(c2c1)CCNC3c1cccc([N+](=O)[O-])c1. The van der Waals surface area contributed by atoms with E-state index in [2.05, 4.69) is 36.3 Å².